The van der Waals surface area contributed by atoms with E-state index in [9.17, 15) is 0 Å². The predicted molar refractivity (Wildman–Crippen MR) is 86.5 cm³/mol. The molecule has 0 bridgehead atoms. The van der Waals surface area contributed by atoms with Crippen LogP contribution in [-0.4, -0.2) is 16.5 Å². The normalized spacial score (nSPS) is 10.5. The van der Waals surface area contributed by atoms with Gasteiger partial charge < -0.3 is 10.1 Å². The van der Waals surface area contributed by atoms with Crippen LogP contribution in [0.1, 0.15) is 31.9 Å². The molecule has 1 N–H and O–H groups in total. The predicted octanol–water partition coefficient (Wildman–Crippen LogP) is 4.48. The van der Waals surface area contributed by atoms with Gasteiger partial charge in [0, 0.05) is 11.6 Å². The summed E-state index contributed by atoms with van der Waals surface area (Å²) in [6, 6.07) is 5.67. The first-order valence-corrected chi connectivity index (χ1v) is 7.61. The van der Waals surface area contributed by atoms with Gasteiger partial charge >= 0.3 is 0 Å². The Morgan fingerprint density at radius 3 is 2.62 bits per heavy atom. The monoisotopic (exact) mass is 305 g/mol. The van der Waals surface area contributed by atoms with Crippen LogP contribution in [-0.2, 0) is 12.8 Å². The minimum absolute atomic E-state index is 0.591. The lowest BCUT2D eigenvalue weighted by Gasteiger charge is -2.13. The fourth-order valence-corrected chi connectivity index (χ4v) is 2.37. The molecule has 0 aliphatic carbocycles. The van der Waals surface area contributed by atoms with E-state index >= 15 is 0 Å². The lowest BCUT2D eigenvalue weighted by Crippen LogP contribution is -2.05. The maximum Gasteiger partial charge on any atom is 0.227 e. The maximum absolute atomic E-state index is 6.13. The molecular weight excluding hydrogens is 286 g/mol. The molecule has 5 heteroatoms. The van der Waals surface area contributed by atoms with Crippen LogP contribution >= 0.6 is 11.6 Å². The molecule has 2 rings (SSSR count). The molecule has 0 aliphatic heterocycles. The molecule has 0 atom stereocenters. The van der Waals surface area contributed by atoms with Gasteiger partial charge in [-0.1, -0.05) is 25.4 Å². The van der Waals surface area contributed by atoms with Gasteiger partial charge in [-0.15, -0.1) is 0 Å². The van der Waals surface area contributed by atoms with Crippen molar-refractivity contribution in [1.82, 2.24) is 9.97 Å². The smallest absolute Gasteiger partial charge is 0.227 e. The summed E-state index contributed by atoms with van der Waals surface area (Å²) < 4.78 is 5.94. The van der Waals surface area contributed by atoms with Gasteiger partial charge in [0.15, 0.2) is 0 Å². The molecule has 21 heavy (non-hydrogen) atoms. The lowest BCUT2D eigenvalue weighted by molar-refractivity contribution is 0.455. The van der Waals surface area contributed by atoms with Gasteiger partial charge in [-0.25, -0.2) is 9.97 Å². The molecule has 2 aromatic rings. The first-order chi connectivity index (χ1) is 10.2. The zero-order valence-electron chi connectivity index (χ0n) is 12.6. The zero-order valence-corrected chi connectivity index (χ0v) is 13.4. The number of hydrogen-bond acceptors (Lipinski definition) is 4. The Labute approximate surface area is 130 Å². The summed E-state index contributed by atoms with van der Waals surface area (Å²) in [5.74, 6) is 2.16. The Bertz CT molecular complexity index is 616. The van der Waals surface area contributed by atoms with E-state index < -0.39 is 0 Å². The SMILES string of the molecule is CCNc1ncnc(Oc2ccc(Cl)c(CC)c2)c1CC. The Hall–Kier alpha value is -1.81. The third-order valence-electron chi connectivity index (χ3n) is 3.22. The Balaban J connectivity index is 2.32. The Morgan fingerprint density at radius 1 is 1.14 bits per heavy atom. The highest BCUT2D eigenvalue weighted by Gasteiger charge is 2.12. The van der Waals surface area contributed by atoms with Crippen molar-refractivity contribution in [3.05, 3.63) is 40.7 Å². The second kappa shape index (κ2) is 7.27. The first-order valence-electron chi connectivity index (χ1n) is 7.23. The van der Waals surface area contributed by atoms with Crippen LogP contribution in [0.3, 0.4) is 0 Å². The summed E-state index contributed by atoms with van der Waals surface area (Å²) >= 11 is 6.13. The fraction of sp³-hybridized carbons (Fsp3) is 0.375. The summed E-state index contributed by atoms with van der Waals surface area (Å²) in [7, 11) is 0. The molecule has 1 heterocycles. The van der Waals surface area contributed by atoms with Crippen LogP contribution < -0.4 is 10.1 Å². The van der Waals surface area contributed by atoms with Gasteiger partial charge in [-0.3, -0.25) is 0 Å². The molecule has 0 fully saturated rings. The molecular formula is C16H20ClN3O. The van der Waals surface area contributed by atoms with E-state index in [1.165, 1.54) is 6.33 Å². The van der Waals surface area contributed by atoms with Crippen molar-refractivity contribution in [2.75, 3.05) is 11.9 Å². The van der Waals surface area contributed by atoms with Crippen molar-refractivity contribution < 1.29 is 4.74 Å². The minimum Gasteiger partial charge on any atom is -0.439 e. The number of hydrogen-bond donors (Lipinski definition) is 1. The highest BCUT2D eigenvalue weighted by molar-refractivity contribution is 6.31. The van der Waals surface area contributed by atoms with Crippen molar-refractivity contribution >= 4 is 17.4 Å². The molecule has 0 radical (unpaired) electrons. The summed E-state index contributed by atoms with van der Waals surface area (Å²) in [5, 5.41) is 3.99. The van der Waals surface area contributed by atoms with E-state index in [2.05, 4.69) is 29.1 Å². The number of rotatable bonds is 6. The molecule has 1 aromatic heterocycles. The molecule has 0 unspecified atom stereocenters. The van der Waals surface area contributed by atoms with Crippen LogP contribution in [0.25, 0.3) is 0 Å². The van der Waals surface area contributed by atoms with E-state index in [1.807, 2.05) is 25.1 Å². The third kappa shape index (κ3) is 3.64. The number of halogens is 1. The van der Waals surface area contributed by atoms with Crippen LogP contribution in [0, 0.1) is 0 Å². The standard InChI is InChI=1S/C16H20ClN3O/c1-4-11-9-12(7-8-14(11)17)21-16-13(5-2)15(18-6-3)19-10-20-16/h7-10H,4-6H2,1-3H3,(H,18,19,20). The van der Waals surface area contributed by atoms with E-state index in [4.69, 9.17) is 16.3 Å². The first kappa shape index (κ1) is 15.6. The number of nitrogens with zero attached hydrogens (tertiary/aromatic N) is 2. The summed E-state index contributed by atoms with van der Waals surface area (Å²) in [6.07, 6.45) is 3.18. The second-order valence-electron chi connectivity index (χ2n) is 4.60. The minimum atomic E-state index is 0.591. The van der Waals surface area contributed by atoms with Crippen molar-refractivity contribution in [3.63, 3.8) is 0 Å². The summed E-state index contributed by atoms with van der Waals surface area (Å²) in [5.41, 5.74) is 2.04. The zero-order chi connectivity index (χ0) is 15.2. The van der Waals surface area contributed by atoms with Gasteiger partial charge in [0.25, 0.3) is 0 Å². The topological polar surface area (TPSA) is 47.0 Å². The van der Waals surface area contributed by atoms with Crippen molar-refractivity contribution in [1.29, 1.82) is 0 Å². The van der Waals surface area contributed by atoms with Gasteiger partial charge in [0.2, 0.25) is 5.88 Å². The van der Waals surface area contributed by atoms with Crippen molar-refractivity contribution in [3.8, 4) is 11.6 Å². The highest BCUT2D eigenvalue weighted by atomic mass is 35.5. The summed E-state index contributed by atoms with van der Waals surface area (Å²) in [6.45, 7) is 6.97. The Morgan fingerprint density at radius 2 is 1.95 bits per heavy atom. The van der Waals surface area contributed by atoms with E-state index in [-0.39, 0.29) is 0 Å². The number of aromatic nitrogens is 2. The fourth-order valence-electron chi connectivity index (χ4n) is 2.12. The van der Waals surface area contributed by atoms with Crippen LogP contribution in [0.15, 0.2) is 24.5 Å². The lowest BCUT2D eigenvalue weighted by atomic mass is 10.1. The number of nitrogens with one attached hydrogen (secondary N) is 1. The second-order valence-corrected chi connectivity index (χ2v) is 5.01. The number of anilines is 1. The number of aryl methyl sites for hydroxylation is 1. The molecule has 0 spiro atoms. The molecule has 0 saturated heterocycles. The highest BCUT2D eigenvalue weighted by Crippen LogP contribution is 2.29. The van der Waals surface area contributed by atoms with Crippen LogP contribution in [0.4, 0.5) is 5.82 Å². The average Bonchev–Trinajstić information content (AvgIpc) is 2.50. The average molecular weight is 306 g/mol. The molecule has 112 valence electrons. The molecule has 1 aromatic carbocycles. The van der Waals surface area contributed by atoms with Crippen LogP contribution in [0.2, 0.25) is 5.02 Å². The van der Waals surface area contributed by atoms with Gasteiger partial charge in [0.05, 0.1) is 5.56 Å². The Kier molecular flexibility index (Phi) is 5.39. The molecule has 4 nitrogen and oxygen atoms in total. The van der Waals surface area contributed by atoms with Crippen molar-refractivity contribution in [2.45, 2.75) is 33.6 Å². The molecule has 0 saturated carbocycles. The third-order valence-corrected chi connectivity index (χ3v) is 3.58. The van der Waals surface area contributed by atoms with Gasteiger partial charge in [-0.05, 0) is 43.5 Å². The van der Waals surface area contributed by atoms with Gasteiger partial charge in [0.1, 0.15) is 17.9 Å². The quantitative estimate of drug-likeness (QED) is 0.855. The summed E-state index contributed by atoms with van der Waals surface area (Å²) in [4.78, 5) is 8.53. The number of benzene rings is 1. The van der Waals surface area contributed by atoms with E-state index in [1.54, 1.807) is 0 Å². The number of ether oxygens (including phenoxy) is 1. The van der Waals surface area contributed by atoms with Crippen LogP contribution in [0.5, 0.6) is 11.6 Å². The molecule has 0 amide bonds. The van der Waals surface area contributed by atoms with Crippen molar-refractivity contribution in [2.24, 2.45) is 0 Å². The van der Waals surface area contributed by atoms with E-state index in [0.717, 1.165) is 47.1 Å². The largest absolute Gasteiger partial charge is 0.439 e. The maximum atomic E-state index is 6.13. The van der Waals surface area contributed by atoms with E-state index in [0.29, 0.717) is 5.88 Å². The van der Waals surface area contributed by atoms with Gasteiger partial charge in [-0.2, -0.15) is 0 Å². The molecule has 0 aliphatic rings.